The van der Waals surface area contributed by atoms with Gasteiger partial charge in [-0.25, -0.2) is 4.39 Å². The summed E-state index contributed by atoms with van der Waals surface area (Å²) in [6, 6.07) is 7.53. The normalized spacial score (nSPS) is 27.5. The third-order valence-corrected chi connectivity index (χ3v) is 5.37. The van der Waals surface area contributed by atoms with Gasteiger partial charge in [0.25, 0.3) is 0 Å². The molecule has 0 aromatic heterocycles. The predicted octanol–water partition coefficient (Wildman–Crippen LogP) is 5.08. The Hall–Kier alpha value is -0.890. The Bertz CT molecular complexity index is 429. The van der Waals surface area contributed by atoms with Crippen LogP contribution in [-0.4, -0.2) is 6.54 Å². The number of hydrogen-bond donors (Lipinski definition) is 1. The minimum atomic E-state index is -0.135. The van der Waals surface area contributed by atoms with Crippen LogP contribution in [-0.2, 0) is 0 Å². The second-order valence-corrected chi connectivity index (χ2v) is 7.24. The van der Waals surface area contributed by atoms with E-state index < -0.39 is 0 Å². The number of benzene rings is 1. The van der Waals surface area contributed by atoms with Crippen molar-refractivity contribution in [3.05, 3.63) is 35.6 Å². The summed E-state index contributed by atoms with van der Waals surface area (Å²) in [5.74, 6) is 2.49. The first-order chi connectivity index (χ1) is 10.2. The maximum atomic E-state index is 13.1. The van der Waals surface area contributed by atoms with Crippen LogP contribution in [0.1, 0.15) is 63.5 Å². The van der Waals surface area contributed by atoms with E-state index in [1.165, 1.54) is 50.5 Å². The minimum Gasteiger partial charge on any atom is -0.310 e. The molecule has 2 aliphatic rings. The maximum Gasteiger partial charge on any atom is 0.123 e. The van der Waals surface area contributed by atoms with Gasteiger partial charge in [0.05, 0.1) is 0 Å². The molecule has 2 heteroatoms. The Morgan fingerprint density at radius 1 is 1.05 bits per heavy atom. The second-order valence-electron chi connectivity index (χ2n) is 7.24. The van der Waals surface area contributed by atoms with E-state index in [1.54, 1.807) is 12.1 Å². The Balaban J connectivity index is 1.48. The molecule has 0 heterocycles. The van der Waals surface area contributed by atoms with Gasteiger partial charge in [0, 0.05) is 6.04 Å². The molecule has 1 nitrogen and oxygen atoms in total. The lowest BCUT2D eigenvalue weighted by atomic mass is 9.81. The monoisotopic (exact) mass is 289 g/mol. The molecular weight excluding hydrogens is 261 g/mol. The van der Waals surface area contributed by atoms with Gasteiger partial charge in [0.15, 0.2) is 0 Å². The van der Waals surface area contributed by atoms with Crippen molar-refractivity contribution in [1.29, 1.82) is 0 Å². The fourth-order valence-electron chi connectivity index (χ4n) is 3.72. The summed E-state index contributed by atoms with van der Waals surface area (Å²) in [5.41, 5.74) is 1.26. The van der Waals surface area contributed by atoms with Crippen LogP contribution in [0.3, 0.4) is 0 Å². The van der Waals surface area contributed by atoms with Crippen molar-refractivity contribution in [2.75, 3.05) is 6.54 Å². The van der Waals surface area contributed by atoms with E-state index in [-0.39, 0.29) is 5.82 Å². The van der Waals surface area contributed by atoms with E-state index in [1.807, 2.05) is 12.1 Å². The van der Waals surface area contributed by atoms with Gasteiger partial charge in [-0.05, 0) is 61.3 Å². The van der Waals surface area contributed by atoms with Crippen LogP contribution in [0.15, 0.2) is 24.3 Å². The highest BCUT2D eigenvalue weighted by molar-refractivity contribution is 5.22. The summed E-state index contributed by atoms with van der Waals surface area (Å²) in [6.07, 6.45) is 9.58. The van der Waals surface area contributed by atoms with Gasteiger partial charge < -0.3 is 5.32 Å². The van der Waals surface area contributed by atoms with E-state index in [2.05, 4.69) is 12.2 Å². The lowest BCUT2D eigenvalue weighted by Crippen LogP contribution is -2.26. The first kappa shape index (κ1) is 15.0. The van der Waals surface area contributed by atoms with Crippen molar-refractivity contribution in [2.45, 2.75) is 57.9 Å². The number of halogens is 1. The standard InChI is InChI=1S/C19H28FN/c1-14-2-4-15(5-3-14)12-13-21-19(16-6-7-16)17-8-10-18(20)11-9-17/h8-11,14-16,19,21H,2-7,12-13H2,1H3. The average Bonchev–Trinajstić information content (AvgIpc) is 3.31. The van der Waals surface area contributed by atoms with Crippen molar-refractivity contribution in [3.63, 3.8) is 0 Å². The predicted molar refractivity (Wildman–Crippen MR) is 85.6 cm³/mol. The topological polar surface area (TPSA) is 12.0 Å². The van der Waals surface area contributed by atoms with Crippen LogP contribution >= 0.6 is 0 Å². The quantitative estimate of drug-likeness (QED) is 0.769. The zero-order valence-corrected chi connectivity index (χ0v) is 13.2. The molecule has 21 heavy (non-hydrogen) atoms. The molecule has 2 aliphatic carbocycles. The summed E-state index contributed by atoms with van der Waals surface area (Å²) >= 11 is 0. The molecule has 1 aromatic rings. The molecule has 1 atom stereocenters. The van der Waals surface area contributed by atoms with Gasteiger partial charge in [-0.15, -0.1) is 0 Å². The van der Waals surface area contributed by atoms with Gasteiger partial charge in [0.1, 0.15) is 5.82 Å². The third-order valence-electron chi connectivity index (χ3n) is 5.37. The Labute approximate surface area is 128 Å². The van der Waals surface area contributed by atoms with Gasteiger partial charge >= 0.3 is 0 Å². The van der Waals surface area contributed by atoms with Crippen molar-refractivity contribution < 1.29 is 4.39 Å². The summed E-state index contributed by atoms with van der Waals surface area (Å²) in [6.45, 7) is 3.49. The molecule has 0 bridgehead atoms. The fourth-order valence-corrected chi connectivity index (χ4v) is 3.72. The minimum absolute atomic E-state index is 0.135. The summed E-state index contributed by atoms with van der Waals surface area (Å²) < 4.78 is 13.1. The summed E-state index contributed by atoms with van der Waals surface area (Å²) in [5, 5.41) is 3.75. The van der Waals surface area contributed by atoms with Crippen LogP contribution in [0.5, 0.6) is 0 Å². The molecular formula is C19H28FN. The zero-order chi connectivity index (χ0) is 14.7. The maximum absolute atomic E-state index is 13.1. The van der Waals surface area contributed by atoms with E-state index >= 15 is 0 Å². The molecule has 0 radical (unpaired) electrons. The summed E-state index contributed by atoms with van der Waals surface area (Å²) in [7, 11) is 0. The molecule has 0 aliphatic heterocycles. The lowest BCUT2D eigenvalue weighted by Gasteiger charge is -2.27. The largest absolute Gasteiger partial charge is 0.310 e. The van der Waals surface area contributed by atoms with Crippen molar-refractivity contribution in [3.8, 4) is 0 Å². The molecule has 1 unspecified atom stereocenters. The van der Waals surface area contributed by atoms with Crippen molar-refractivity contribution >= 4 is 0 Å². The molecule has 1 aromatic carbocycles. The van der Waals surface area contributed by atoms with Crippen LogP contribution in [0.2, 0.25) is 0 Å². The molecule has 2 fully saturated rings. The fraction of sp³-hybridized carbons (Fsp3) is 0.684. The Kier molecular flexibility index (Phi) is 4.95. The molecule has 0 spiro atoms. The molecule has 116 valence electrons. The second kappa shape index (κ2) is 6.91. The average molecular weight is 289 g/mol. The van der Waals surface area contributed by atoms with E-state index in [0.717, 1.165) is 24.3 Å². The number of nitrogens with one attached hydrogen (secondary N) is 1. The lowest BCUT2D eigenvalue weighted by molar-refractivity contribution is 0.271. The highest BCUT2D eigenvalue weighted by Crippen LogP contribution is 2.41. The van der Waals surface area contributed by atoms with Gasteiger partial charge in [-0.1, -0.05) is 44.7 Å². The summed E-state index contributed by atoms with van der Waals surface area (Å²) in [4.78, 5) is 0. The Morgan fingerprint density at radius 3 is 2.33 bits per heavy atom. The number of hydrogen-bond acceptors (Lipinski definition) is 1. The SMILES string of the molecule is CC1CCC(CCNC(c2ccc(F)cc2)C2CC2)CC1. The smallest absolute Gasteiger partial charge is 0.123 e. The van der Waals surface area contributed by atoms with Crippen molar-refractivity contribution in [2.24, 2.45) is 17.8 Å². The zero-order valence-electron chi connectivity index (χ0n) is 13.2. The molecule has 0 amide bonds. The molecule has 1 N–H and O–H groups in total. The van der Waals surface area contributed by atoms with Gasteiger partial charge in [-0.2, -0.15) is 0 Å². The van der Waals surface area contributed by atoms with Crippen LogP contribution in [0, 0.1) is 23.6 Å². The van der Waals surface area contributed by atoms with Crippen LogP contribution in [0.4, 0.5) is 4.39 Å². The van der Waals surface area contributed by atoms with Gasteiger partial charge in [-0.3, -0.25) is 0 Å². The highest BCUT2D eigenvalue weighted by atomic mass is 19.1. The first-order valence-electron chi connectivity index (χ1n) is 8.71. The van der Waals surface area contributed by atoms with Crippen LogP contribution < -0.4 is 5.32 Å². The molecule has 2 saturated carbocycles. The van der Waals surface area contributed by atoms with E-state index in [0.29, 0.717) is 6.04 Å². The van der Waals surface area contributed by atoms with Gasteiger partial charge in [0.2, 0.25) is 0 Å². The number of rotatable bonds is 6. The highest BCUT2D eigenvalue weighted by Gasteiger charge is 2.32. The first-order valence-corrected chi connectivity index (χ1v) is 8.71. The van der Waals surface area contributed by atoms with E-state index in [9.17, 15) is 4.39 Å². The molecule has 0 saturated heterocycles. The van der Waals surface area contributed by atoms with Crippen molar-refractivity contribution in [1.82, 2.24) is 5.32 Å². The van der Waals surface area contributed by atoms with Crippen LogP contribution in [0.25, 0.3) is 0 Å². The van der Waals surface area contributed by atoms with E-state index in [4.69, 9.17) is 0 Å². The Morgan fingerprint density at radius 2 is 1.71 bits per heavy atom. The third kappa shape index (κ3) is 4.29. The molecule has 3 rings (SSSR count).